The van der Waals surface area contributed by atoms with Crippen LogP contribution in [0.3, 0.4) is 0 Å². The van der Waals surface area contributed by atoms with Gasteiger partial charge in [-0.2, -0.15) is 5.26 Å². The van der Waals surface area contributed by atoms with Crippen LogP contribution in [0.4, 0.5) is 14.5 Å². The van der Waals surface area contributed by atoms with Gasteiger partial charge in [-0.3, -0.25) is 24.2 Å². The Morgan fingerprint density at radius 2 is 1.89 bits per heavy atom. The second-order valence-electron chi connectivity index (χ2n) is 9.15. The normalized spacial score (nSPS) is 18.6. The highest BCUT2D eigenvalue weighted by atomic mass is 19.3. The molecule has 0 saturated carbocycles. The highest BCUT2D eigenvalue weighted by Gasteiger charge is 2.47. The molecule has 1 aromatic carbocycles. The third kappa shape index (κ3) is 6.20. The summed E-state index contributed by atoms with van der Waals surface area (Å²) in [6, 6.07) is 6.73. The number of fused-ring (bicyclic) bond motifs is 1. The van der Waals surface area contributed by atoms with Crippen molar-refractivity contribution in [2.45, 2.75) is 31.2 Å². The summed E-state index contributed by atoms with van der Waals surface area (Å²) in [7, 11) is 0. The third-order valence-corrected chi connectivity index (χ3v) is 6.46. The summed E-state index contributed by atoms with van der Waals surface area (Å²) in [4.78, 5) is 56.9. The molecule has 4 amide bonds. The fourth-order valence-electron chi connectivity index (χ4n) is 4.53. The highest BCUT2D eigenvalue weighted by molar-refractivity contribution is 6.10. The van der Waals surface area contributed by atoms with E-state index in [1.807, 2.05) is 0 Å². The number of carbonyl (C=O) groups excluding carboxylic acids is 4. The number of pyridine rings is 1. The number of piperazine rings is 1. The molecular formula is C25H27F2N7O4. The lowest BCUT2D eigenvalue weighted by Gasteiger charge is -2.27. The first-order chi connectivity index (χ1) is 18.2. The van der Waals surface area contributed by atoms with Crippen LogP contribution < -0.4 is 16.0 Å². The molecule has 38 heavy (non-hydrogen) atoms. The van der Waals surface area contributed by atoms with E-state index in [2.05, 4.69) is 20.9 Å². The number of para-hydroxylation sites is 1. The number of nitrogens with zero attached hydrogens (tertiary/aromatic N) is 4. The van der Waals surface area contributed by atoms with Gasteiger partial charge in [0.1, 0.15) is 6.04 Å². The number of hydrogen-bond donors (Lipinski definition) is 3. The van der Waals surface area contributed by atoms with Gasteiger partial charge in [0.05, 0.1) is 35.9 Å². The van der Waals surface area contributed by atoms with Crippen molar-refractivity contribution in [1.29, 1.82) is 5.26 Å². The Labute approximate surface area is 217 Å². The van der Waals surface area contributed by atoms with Crippen molar-refractivity contribution < 1.29 is 28.0 Å². The van der Waals surface area contributed by atoms with E-state index in [0.29, 0.717) is 29.7 Å². The number of benzene rings is 1. The van der Waals surface area contributed by atoms with Crippen molar-refractivity contribution in [2.24, 2.45) is 0 Å². The second-order valence-corrected chi connectivity index (χ2v) is 9.15. The molecule has 1 atom stereocenters. The van der Waals surface area contributed by atoms with Crippen molar-refractivity contribution in [1.82, 2.24) is 25.4 Å². The summed E-state index contributed by atoms with van der Waals surface area (Å²) in [5, 5.41) is 17.8. The number of nitrogens with one attached hydrogen (secondary N) is 3. The van der Waals surface area contributed by atoms with Crippen LogP contribution in [0.25, 0.3) is 10.9 Å². The zero-order chi connectivity index (χ0) is 27.3. The minimum absolute atomic E-state index is 0.0132. The van der Waals surface area contributed by atoms with Crippen LogP contribution in [0, 0.1) is 11.3 Å². The smallest absolute Gasteiger partial charge is 0.268 e. The van der Waals surface area contributed by atoms with E-state index in [4.69, 9.17) is 5.26 Å². The van der Waals surface area contributed by atoms with Crippen molar-refractivity contribution in [3.63, 3.8) is 0 Å². The molecule has 3 heterocycles. The van der Waals surface area contributed by atoms with Crippen LogP contribution in [-0.4, -0.2) is 89.6 Å². The summed E-state index contributed by atoms with van der Waals surface area (Å²) < 4.78 is 27.3. The molecule has 2 aliphatic rings. The summed E-state index contributed by atoms with van der Waals surface area (Å²) in [5.41, 5.74) is 0.845. The van der Waals surface area contributed by atoms with Gasteiger partial charge >= 0.3 is 0 Å². The average Bonchev–Trinajstić information content (AvgIpc) is 3.25. The lowest BCUT2D eigenvalue weighted by molar-refractivity contribution is -0.133. The Morgan fingerprint density at radius 3 is 2.63 bits per heavy atom. The van der Waals surface area contributed by atoms with Crippen molar-refractivity contribution in [3.8, 4) is 6.07 Å². The molecule has 3 N–H and O–H groups in total. The fraction of sp³-hybridized carbons (Fsp3) is 0.440. The van der Waals surface area contributed by atoms with Gasteiger partial charge in [-0.1, -0.05) is 12.1 Å². The monoisotopic (exact) mass is 527 g/mol. The van der Waals surface area contributed by atoms with Crippen molar-refractivity contribution in [2.75, 3.05) is 44.6 Å². The van der Waals surface area contributed by atoms with Crippen LogP contribution in [0.5, 0.6) is 0 Å². The number of amides is 4. The number of hydrogen-bond acceptors (Lipinski definition) is 7. The van der Waals surface area contributed by atoms with Gasteiger partial charge in [0.2, 0.25) is 17.7 Å². The fourth-order valence-corrected chi connectivity index (χ4v) is 4.53. The number of likely N-dealkylation sites (tertiary alicyclic amines) is 1. The van der Waals surface area contributed by atoms with E-state index in [1.54, 1.807) is 29.2 Å². The Morgan fingerprint density at radius 1 is 1.13 bits per heavy atom. The number of nitriles is 1. The molecule has 2 saturated heterocycles. The Bertz CT molecular complexity index is 1290. The maximum absolute atomic E-state index is 13.6. The van der Waals surface area contributed by atoms with Gasteiger partial charge in [0.15, 0.2) is 0 Å². The maximum atomic E-state index is 13.6. The molecule has 0 radical (unpaired) electrons. The number of halogens is 2. The zero-order valence-electron chi connectivity index (χ0n) is 20.5. The molecule has 2 aliphatic heterocycles. The van der Waals surface area contributed by atoms with Crippen molar-refractivity contribution in [3.05, 3.63) is 36.0 Å². The number of rotatable bonds is 7. The molecule has 4 rings (SSSR count). The van der Waals surface area contributed by atoms with E-state index in [0.717, 1.165) is 18.0 Å². The lowest BCUT2D eigenvalue weighted by atomic mass is 10.1. The van der Waals surface area contributed by atoms with Crippen LogP contribution in [0.15, 0.2) is 30.5 Å². The Kier molecular flexibility index (Phi) is 8.11. The Hall–Kier alpha value is -4.18. The molecule has 0 aliphatic carbocycles. The molecule has 0 spiro atoms. The topological polar surface area (TPSA) is 148 Å². The van der Waals surface area contributed by atoms with Gasteiger partial charge in [-0.15, -0.1) is 0 Å². The van der Waals surface area contributed by atoms with Crippen LogP contribution >= 0.6 is 0 Å². The summed E-state index contributed by atoms with van der Waals surface area (Å²) >= 11 is 0. The molecule has 0 bridgehead atoms. The summed E-state index contributed by atoms with van der Waals surface area (Å²) in [6.07, 6.45) is 0.688. The standard InChI is InChI=1S/C25H27F2N7O4/c26-25(27)12-16(13-28)34(15-25)22(37)14-31-24(38)18-6-7-30-23-17(18)2-1-3-19(23)32-20(35)4-5-21(36)33-10-8-29-9-11-33/h1-3,6-7,16,29H,4-5,8-12,14-15H2,(H,31,38)(H,32,35)/t16-/m0/s1. The second kappa shape index (κ2) is 11.5. The largest absolute Gasteiger partial charge is 0.343 e. The van der Waals surface area contributed by atoms with Gasteiger partial charge in [0.25, 0.3) is 11.8 Å². The predicted octanol–water partition coefficient (Wildman–Crippen LogP) is 0.875. The quantitative estimate of drug-likeness (QED) is 0.484. The first-order valence-electron chi connectivity index (χ1n) is 12.2. The molecule has 200 valence electrons. The first kappa shape index (κ1) is 26.9. The van der Waals surface area contributed by atoms with Crippen molar-refractivity contribution >= 4 is 40.2 Å². The first-order valence-corrected chi connectivity index (χ1v) is 12.2. The van der Waals surface area contributed by atoms with E-state index < -0.39 is 43.3 Å². The summed E-state index contributed by atoms with van der Waals surface area (Å²) in [6.45, 7) is 1.22. The molecule has 11 nitrogen and oxygen atoms in total. The molecule has 2 fully saturated rings. The SMILES string of the molecule is N#C[C@@H]1CC(F)(F)CN1C(=O)CNC(=O)c1ccnc2c(NC(=O)CCC(=O)N3CCNCC3)cccc12. The van der Waals surface area contributed by atoms with E-state index >= 15 is 0 Å². The molecule has 2 aromatic rings. The van der Waals surface area contributed by atoms with Gasteiger partial charge in [0, 0.05) is 57.0 Å². The average molecular weight is 528 g/mol. The van der Waals surface area contributed by atoms with E-state index in [1.165, 1.54) is 12.3 Å². The molecule has 1 aromatic heterocycles. The minimum atomic E-state index is -3.15. The molecule has 0 unspecified atom stereocenters. The van der Waals surface area contributed by atoms with E-state index in [-0.39, 0.29) is 30.2 Å². The van der Waals surface area contributed by atoms with Gasteiger partial charge in [-0.05, 0) is 12.1 Å². The number of anilines is 1. The summed E-state index contributed by atoms with van der Waals surface area (Å²) in [5.74, 6) is -5.05. The van der Waals surface area contributed by atoms with E-state index in [9.17, 15) is 28.0 Å². The number of carbonyl (C=O) groups is 4. The number of alkyl halides is 2. The zero-order valence-corrected chi connectivity index (χ0v) is 20.5. The number of aromatic nitrogens is 1. The van der Waals surface area contributed by atoms with Gasteiger partial charge in [-0.25, -0.2) is 8.78 Å². The Balaban J connectivity index is 1.39. The lowest BCUT2D eigenvalue weighted by Crippen LogP contribution is -2.46. The van der Waals surface area contributed by atoms with Crippen LogP contribution in [0.2, 0.25) is 0 Å². The van der Waals surface area contributed by atoms with Gasteiger partial charge < -0.3 is 25.8 Å². The minimum Gasteiger partial charge on any atom is -0.343 e. The van der Waals surface area contributed by atoms with Crippen LogP contribution in [-0.2, 0) is 14.4 Å². The van der Waals surface area contributed by atoms with Crippen LogP contribution in [0.1, 0.15) is 29.6 Å². The molecular weight excluding hydrogens is 500 g/mol. The highest BCUT2D eigenvalue weighted by Crippen LogP contribution is 2.31. The third-order valence-electron chi connectivity index (χ3n) is 6.46. The predicted molar refractivity (Wildman–Crippen MR) is 132 cm³/mol. The maximum Gasteiger partial charge on any atom is 0.268 e. The molecule has 13 heteroatoms.